The van der Waals surface area contributed by atoms with Gasteiger partial charge in [-0.15, -0.1) is 11.3 Å². The molecular formula is C12H18BrNO3S2. The van der Waals surface area contributed by atoms with Crippen LogP contribution in [0.4, 0.5) is 0 Å². The predicted octanol–water partition coefficient (Wildman–Crippen LogP) is 2.86. The summed E-state index contributed by atoms with van der Waals surface area (Å²) < 4.78 is 27.8. The van der Waals surface area contributed by atoms with E-state index in [0.717, 1.165) is 19.3 Å². The third-order valence-electron chi connectivity index (χ3n) is 3.95. The maximum atomic E-state index is 12.3. The first-order valence-electron chi connectivity index (χ1n) is 6.31. The molecule has 2 rings (SSSR count). The second kappa shape index (κ2) is 5.81. The lowest BCUT2D eigenvalue weighted by molar-refractivity contribution is 0.133. The van der Waals surface area contributed by atoms with Crippen LogP contribution in [0, 0.1) is 5.41 Å². The first kappa shape index (κ1) is 15.4. The molecule has 4 nitrogen and oxygen atoms in total. The van der Waals surface area contributed by atoms with Crippen molar-refractivity contribution in [1.29, 1.82) is 0 Å². The fourth-order valence-corrected chi connectivity index (χ4v) is 6.01. The molecule has 0 radical (unpaired) electrons. The van der Waals surface area contributed by atoms with Gasteiger partial charge >= 0.3 is 0 Å². The molecule has 1 aromatic heterocycles. The summed E-state index contributed by atoms with van der Waals surface area (Å²) in [7, 11) is -3.50. The molecule has 0 spiro atoms. The van der Waals surface area contributed by atoms with Gasteiger partial charge in [0.05, 0.1) is 10.4 Å². The van der Waals surface area contributed by atoms with E-state index in [4.69, 9.17) is 5.11 Å². The molecule has 1 aromatic rings. The monoisotopic (exact) mass is 367 g/mol. The SMILES string of the molecule is CCC1(CNS(=O)(=O)c2cc(CO)sc2Br)CCC1. The molecule has 0 aliphatic heterocycles. The molecule has 7 heteroatoms. The Balaban J connectivity index is 2.11. The molecule has 1 saturated carbocycles. The van der Waals surface area contributed by atoms with Crippen molar-refractivity contribution in [3.05, 3.63) is 14.7 Å². The molecule has 1 aliphatic rings. The topological polar surface area (TPSA) is 66.4 Å². The predicted molar refractivity (Wildman–Crippen MR) is 79.7 cm³/mol. The van der Waals surface area contributed by atoms with E-state index in [-0.39, 0.29) is 16.9 Å². The second-order valence-electron chi connectivity index (χ2n) is 5.04. The fourth-order valence-electron chi connectivity index (χ4n) is 2.32. The van der Waals surface area contributed by atoms with Crippen LogP contribution in [0.3, 0.4) is 0 Å². The van der Waals surface area contributed by atoms with Crippen LogP contribution in [0.25, 0.3) is 0 Å². The van der Waals surface area contributed by atoms with Gasteiger partial charge in [-0.05, 0) is 46.7 Å². The Labute approximate surface area is 126 Å². The molecule has 0 amide bonds. The first-order chi connectivity index (χ1) is 8.92. The molecule has 2 N–H and O–H groups in total. The Hall–Kier alpha value is 0.0500. The summed E-state index contributed by atoms with van der Waals surface area (Å²) in [4.78, 5) is 0.869. The van der Waals surface area contributed by atoms with Crippen LogP contribution in [-0.4, -0.2) is 20.1 Å². The average Bonchev–Trinajstić information content (AvgIpc) is 2.70. The zero-order valence-electron chi connectivity index (χ0n) is 10.8. The number of hydrogen-bond acceptors (Lipinski definition) is 4. The van der Waals surface area contributed by atoms with Crippen molar-refractivity contribution in [3.63, 3.8) is 0 Å². The molecule has 0 saturated heterocycles. The van der Waals surface area contributed by atoms with Crippen molar-refractivity contribution in [2.24, 2.45) is 5.41 Å². The Bertz CT molecular complexity index is 544. The summed E-state index contributed by atoms with van der Waals surface area (Å²) in [6, 6.07) is 1.52. The lowest BCUT2D eigenvalue weighted by Gasteiger charge is -2.41. The van der Waals surface area contributed by atoms with Crippen molar-refractivity contribution in [3.8, 4) is 0 Å². The van der Waals surface area contributed by atoms with Crippen molar-refractivity contribution >= 4 is 37.3 Å². The van der Waals surface area contributed by atoms with E-state index in [0.29, 0.717) is 15.2 Å². The summed E-state index contributed by atoms with van der Waals surface area (Å²) in [5.74, 6) is 0. The van der Waals surface area contributed by atoms with E-state index < -0.39 is 10.0 Å². The molecule has 19 heavy (non-hydrogen) atoms. The number of halogens is 1. The van der Waals surface area contributed by atoms with Crippen LogP contribution >= 0.6 is 27.3 Å². The van der Waals surface area contributed by atoms with E-state index in [2.05, 4.69) is 27.6 Å². The highest BCUT2D eigenvalue weighted by atomic mass is 79.9. The number of sulfonamides is 1. The quantitative estimate of drug-likeness (QED) is 0.812. The van der Waals surface area contributed by atoms with Crippen LogP contribution in [0.5, 0.6) is 0 Å². The van der Waals surface area contributed by atoms with Crippen LogP contribution in [0.1, 0.15) is 37.5 Å². The van der Waals surface area contributed by atoms with Crippen molar-refractivity contribution in [2.75, 3.05) is 6.54 Å². The summed E-state index contributed by atoms with van der Waals surface area (Å²) in [5.41, 5.74) is 0.148. The minimum absolute atomic E-state index is 0.141. The van der Waals surface area contributed by atoms with Gasteiger partial charge in [0.1, 0.15) is 4.90 Å². The van der Waals surface area contributed by atoms with Gasteiger partial charge < -0.3 is 5.11 Å². The first-order valence-corrected chi connectivity index (χ1v) is 9.40. The Morgan fingerprint density at radius 2 is 2.21 bits per heavy atom. The molecule has 0 unspecified atom stereocenters. The maximum absolute atomic E-state index is 12.3. The molecule has 1 aliphatic carbocycles. The van der Waals surface area contributed by atoms with Gasteiger partial charge in [-0.2, -0.15) is 0 Å². The molecule has 0 aromatic carbocycles. The van der Waals surface area contributed by atoms with Crippen molar-refractivity contribution < 1.29 is 13.5 Å². The minimum Gasteiger partial charge on any atom is -0.391 e. The third kappa shape index (κ3) is 3.21. The Kier molecular flexibility index (Phi) is 4.72. The number of thiophene rings is 1. The van der Waals surface area contributed by atoms with Gasteiger partial charge in [0.25, 0.3) is 0 Å². The normalized spacial score (nSPS) is 18.3. The van der Waals surface area contributed by atoms with Crippen LogP contribution in [0.15, 0.2) is 14.7 Å². The Morgan fingerprint density at radius 1 is 1.53 bits per heavy atom. The van der Waals surface area contributed by atoms with Crippen molar-refractivity contribution in [1.82, 2.24) is 4.72 Å². The second-order valence-corrected chi connectivity index (χ2v) is 9.23. The summed E-state index contributed by atoms with van der Waals surface area (Å²) in [5, 5.41) is 9.06. The number of aliphatic hydroxyl groups is 1. The van der Waals surface area contributed by atoms with Gasteiger partial charge in [0, 0.05) is 11.4 Å². The standard InChI is InChI=1S/C12H18BrNO3S2/c1-2-12(4-3-5-12)8-14-19(16,17)10-6-9(7-15)18-11(10)13/h6,14-15H,2-5,7-8H2,1H3. The van der Waals surface area contributed by atoms with Crippen LogP contribution in [0.2, 0.25) is 0 Å². The summed E-state index contributed by atoms with van der Waals surface area (Å²) in [6.45, 7) is 2.47. The summed E-state index contributed by atoms with van der Waals surface area (Å²) in [6.07, 6.45) is 4.38. The van der Waals surface area contributed by atoms with Gasteiger partial charge in [-0.25, -0.2) is 13.1 Å². The highest BCUT2D eigenvalue weighted by molar-refractivity contribution is 9.11. The van der Waals surface area contributed by atoms with E-state index in [1.807, 2.05) is 0 Å². The maximum Gasteiger partial charge on any atom is 0.242 e. The molecular weight excluding hydrogens is 350 g/mol. The van der Waals surface area contributed by atoms with Gasteiger partial charge in [0.2, 0.25) is 10.0 Å². The lowest BCUT2D eigenvalue weighted by atomic mass is 9.67. The average molecular weight is 368 g/mol. The molecule has 0 atom stereocenters. The zero-order chi connectivity index (χ0) is 14.1. The molecule has 0 bridgehead atoms. The lowest BCUT2D eigenvalue weighted by Crippen LogP contribution is -2.41. The van der Waals surface area contributed by atoms with Crippen LogP contribution in [-0.2, 0) is 16.6 Å². The Morgan fingerprint density at radius 3 is 2.63 bits per heavy atom. The van der Waals surface area contributed by atoms with E-state index in [1.165, 1.54) is 23.8 Å². The minimum atomic E-state index is -3.50. The number of nitrogens with one attached hydrogen (secondary N) is 1. The van der Waals surface area contributed by atoms with Crippen LogP contribution < -0.4 is 4.72 Å². The smallest absolute Gasteiger partial charge is 0.242 e. The number of aliphatic hydroxyl groups excluding tert-OH is 1. The largest absolute Gasteiger partial charge is 0.391 e. The summed E-state index contributed by atoms with van der Waals surface area (Å²) >= 11 is 4.50. The molecule has 1 fully saturated rings. The number of rotatable bonds is 6. The third-order valence-corrected chi connectivity index (χ3v) is 7.59. The number of hydrogen-bond donors (Lipinski definition) is 2. The van der Waals surface area contributed by atoms with Gasteiger partial charge in [-0.3, -0.25) is 0 Å². The van der Waals surface area contributed by atoms with E-state index >= 15 is 0 Å². The highest BCUT2D eigenvalue weighted by Crippen LogP contribution is 2.43. The van der Waals surface area contributed by atoms with Gasteiger partial charge in [0.15, 0.2) is 0 Å². The molecule has 1 heterocycles. The van der Waals surface area contributed by atoms with E-state index in [1.54, 1.807) is 0 Å². The fraction of sp³-hybridized carbons (Fsp3) is 0.667. The van der Waals surface area contributed by atoms with E-state index in [9.17, 15) is 8.42 Å². The molecule has 108 valence electrons. The zero-order valence-corrected chi connectivity index (χ0v) is 14.0. The van der Waals surface area contributed by atoms with Crippen molar-refractivity contribution in [2.45, 2.75) is 44.1 Å². The van der Waals surface area contributed by atoms with Gasteiger partial charge in [-0.1, -0.05) is 13.3 Å². The highest BCUT2D eigenvalue weighted by Gasteiger charge is 2.36.